The van der Waals surface area contributed by atoms with Gasteiger partial charge in [0.2, 0.25) is 10.0 Å². The van der Waals surface area contributed by atoms with Crippen molar-refractivity contribution in [2.24, 2.45) is 5.14 Å². The Morgan fingerprint density at radius 3 is 2.62 bits per heavy atom. The summed E-state index contributed by atoms with van der Waals surface area (Å²) in [5, 5.41) is 8.16. The molecule has 5 rings (SSSR count). The Balaban J connectivity index is 1.38. The summed E-state index contributed by atoms with van der Waals surface area (Å²) < 4.78 is 40.7. The van der Waals surface area contributed by atoms with Crippen LogP contribution in [0.25, 0.3) is 22.6 Å². The predicted molar refractivity (Wildman–Crippen MR) is 140 cm³/mol. The summed E-state index contributed by atoms with van der Waals surface area (Å²) in [6.07, 6.45) is 2.29. The van der Waals surface area contributed by atoms with Crippen LogP contribution in [0.4, 0.5) is 0 Å². The van der Waals surface area contributed by atoms with E-state index in [0.717, 1.165) is 29.1 Å². The van der Waals surface area contributed by atoms with Gasteiger partial charge in [-0.05, 0) is 36.6 Å². The average molecular weight is 536 g/mol. The zero-order valence-electron chi connectivity index (χ0n) is 20.1. The molecule has 0 radical (unpaired) electrons. The van der Waals surface area contributed by atoms with Crippen LogP contribution in [-0.4, -0.2) is 38.2 Å². The smallest absolute Gasteiger partial charge is 0.274 e. The first-order valence-electron chi connectivity index (χ1n) is 11.7. The zero-order chi connectivity index (χ0) is 25.8. The van der Waals surface area contributed by atoms with Crippen molar-refractivity contribution in [3.63, 3.8) is 0 Å². The molecule has 1 fully saturated rings. The largest absolute Gasteiger partial charge is 0.429 e. The Morgan fingerprint density at radius 1 is 1.11 bits per heavy atom. The van der Waals surface area contributed by atoms with Gasteiger partial charge in [-0.2, -0.15) is 0 Å². The Kier molecular flexibility index (Phi) is 7.50. The summed E-state index contributed by atoms with van der Waals surface area (Å²) in [7, 11) is -2.07. The van der Waals surface area contributed by atoms with Gasteiger partial charge in [0.05, 0.1) is 23.1 Å². The fourth-order valence-electron chi connectivity index (χ4n) is 4.07. The molecule has 4 aromatic rings. The third kappa shape index (κ3) is 5.98. The number of hydrogen-bond acceptors (Lipinski definition) is 8. The van der Waals surface area contributed by atoms with E-state index in [2.05, 4.69) is 16.8 Å². The average Bonchev–Trinajstić information content (AvgIpc) is 3.57. The molecule has 3 heterocycles. The Hall–Kier alpha value is -3.33. The third-order valence-electron chi connectivity index (χ3n) is 6.00. The lowest BCUT2D eigenvalue weighted by Gasteiger charge is -2.27. The summed E-state index contributed by atoms with van der Waals surface area (Å²) in [5.41, 5.74) is 3.00. The number of sulfonamides is 1. The van der Waals surface area contributed by atoms with Crippen LogP contribution in [0.2, 0.25) is 0 Å². The Morgan fingerprint density at radius 2 is 1.89 bits per heavy atom. The molecule has 2 unspecified atom stereocenters. The second kappa shape index (κ2) is 11.0. The van der Waals surface area contributed by atoms with Gasteiger partial charge in [0.15, 0.2) is 5.76 Å². The van der Waals surface area contributed by atoms with Crippen molar-refractivity contribution in [3.8, 4) is 34.4 Å². The van der Waals surface area contributed by atoms with Crippen LogP contribution in [0.1, 0.15) is 35.5 Å². The molecule has 2 atom stereocenters. The van der Waals surface area contributed by atoms with Crippen molar-refractivity contribution in [3.05, 3.63) is 76.6 Å². The van der Waals surface area contributed by atoms with E-state index >= 15 is 0 Å². The SMILES string of the molecule is COC1CCOC(c2nc(CC#Cc3nc(-c4ccccc4)c(-c4ccc(S(N)(=O)=O)cc4)o3)cs2)C1. The fourth-order valence-corrected chi connectivity index (χ4v) is 5.47. The van der Waals surface area contributed by atoms with Crippen LogP contribution in [-0.2, 0) is 25.9 Å². The number of methoxy groups -OCH3 is 1. The highest BCUT2D eigenvalue weighted by atomic mass is 32.2. The fraction of sp³-hybridized carbons (Fsp3) is 0.259. The number of nitrogens with zero attached hydrogens (tertiary/aromatic N) is 2. The van der Waals surface area contributed by atoms with Gasteiger partial charge in [-0.1, -0.05) is 36.3 Å². The van der Waals surface area contributed by atoms with E-state index in [4.69, 9.17) is 24.0 Å². The van der Waals surface area contributed by atoms with Crippen molar-refractivity contribution in [2.45, 2.75) is 36.4 Å². The van der Waals surface area contributed by atoms with Crippen molar-refractivity contribution in [2.75, 3.05) is 13.7 Å². The Bertz CT molecular complexity index is 1530. The van der Waals surface area contributed by atoms with E-state index in [0.29, 0.717) is 30.0 Å². The number of nitrogens with two attached hydrogens (primary N) is 1. The van der Waals surface area contributed by atoms with Gasteiger partial charge in [0.1, 0.15) is 16.8 Å². The molecule has 2 aromatic carbocycles. The topological polar surface area (TPSA) is 118 Å². The minimum Gasteiger partial charge on any atom is -0.429 e. The number of thiazole rings is 1. The van der Waals surface area contributed by atoms with Crippen LogP contribution < -0.4 is 5.14 Å². The summed E-state index contributed by atoms with van der Waals surface area (Å²) in [6, 6.07) is 15.8. The number of primary sulfonamides is 1. The summed E-state index contributed by atoms with van der Waals surface area (Å²) in [6.45, 7) is 0.666. The number of hydrogen-bond donors (Lipinski definition) is 1. The first kappa shape index (κ1) is 25.3. The second-order valence-electron chi connectivity index (χ2n) is 8.53. The van der Waals surface area contributed by atoms with Crippen LogP contribution in [0.5, 0.6) is 0 Å². The molecule has 2 N–H and O–H groups in total. The molecule has 0 saturated carbocycles. The summed E-state index contributed by atoms with van der Waals surface area (Å²) in [5.74, 6) is 6.86. The van der Waals surface area contributed by atoms with E-state index in [1.807, 2.05) is 35.7 Å². The molecule has 2 aromatic heterocycles. The lowest BCUT2D eigenvalue weighted by atomic mass is 10.1. The molecule has 1 saturated heterocycles. The lowest BCUT2D eigenvalue weighted by Crippen LogP contribution is -2.25. The number of benzene rings is 2. The Labute approximate surface area is 219 Å². The molecule has 0 aliphatic carbocycles. The van der Waals surface area contributed by atoms with Crippen molar-refractivity contribution >= 4 is 21.4 Å². The maximum absolute atomic E-state index is 11.6. The normalized spacial score (nSPS) is 17.8. The molecule has 37 heavy (non-hydrogen) atoms. The van der Waals surface area contributed by atoms with Gasteiger partial charge in [-0.3, -0.25) is 0 Å². The van der Waals surface area contributed by atoms with Crippen molar-refractivity contribution in [1.82, 2.24) is 9.97 Å². The van der Waals surface area contributed by atoms with Crippen LogP contribution >= 0.6 is 11.3 Å². The molecule has 0 spiro atoms. The predicted octanol–water partition coefficient (Wildman–Crippen LogP) is 4.57. The quantitative estimate of drug-likeness (QED) is 0.359. The minimum atomic E-state index is -3.79. The van der Waals surface area contributed by atoms with E-state index in [9.17, 15) is 8.42 Å². The molecule has 0 amide bonds. The monoisotopic (exact) mass is 535 g/mol. The van der Waals surface area contributed by atoms with Crippen LogP contribution in [0.15, 0.2) is 69.3 Å². The first-order chi connectivity index (χ1) is 17.9. The molecule has 1 aliphatic heterocycles. The summed E-state index contributed by atoms with van der Waals surface area (Å²) >= 11 is 1.57. The van der Waals surface area contributed by atoms with Gasteiger partial charge < -0.3 is 13.9 Å². The van der Waals surface area contributed by atoms with Gasteiger partial charge in [-0.25, -0.2) is 23.5 Å². The number of aromatic nitrogens is 2. The zero-order valence-corrected chi connectivity index (χ0v) is 21.7. The minimum absolute atomic E-state index is 0.0241. The van der Waals surface area contributed by atoms with E-state index in [-0.39, 0.29) is 23.0 Å². The molecular formula is C27H25N3O5S2. The first-order valence-corrected chi connectivity index (χ1v) is 14.1. The molecule has 0 bridgehead atoms. The standard InChI is InChI=1S/C27H25N3O5S2/c1-33-21-14-15-34-23(16-21)27-29-20(17-36-27)8-5-9-24-30-25(18-6-3-2-4-7-18)26(35-24)19-10-12-22(13-11-19)37(28,31)32/h2-4,6-7,10-13,17,21,23H,8,14-16H2,1H3,(H2,28,31,32). The van der Waals surface area contributed by atoms with Crippen LogP contribution in [0, 0.1) is 11.8 Å². The molecular weight excluding hydrogens is 510 g/mol. The molecule has 10 heteroatoms. The van der Waals surface area contributed by atoms with E-state index < -0.39 is 10.0 Å². The maximum Gasteiger partial charge on any atom is 0.274 e. The highest BCUT2D eigenvalue weighted by Gasteiger charge is 2.26. The van der Waals surface area contributed by atoms with Crippen molar-refractivity contribution in [1.29, 1.82) is 0 Å². The number of oxazole rings is 1. The summed E-state index contributed by atoms with van der Waals surface area (Å²) in [4.78, 5) is 9.35. The van der Waals surface area contributed by atoms with Gasteiger partial charge in [0.25, 0.3) is 5.89 Å². The van der Waals surface area contributed by atoms with E-state index in [1.165, 1.54) is 12.1 Å². The van der Waals surface area contributed by atoms with Crippen molar-refractivity contribution < 1.29 is 22.3 Å². The van der Waals surface area contributed by atoms with E-state index in [1.54, 1.807) is 30.6 Å². The van der Waals surface area contributed by atoms with Gasteiger partial charge in [0, 0.05) is 36.6 Å². The highest BCUT2D eigenvalue weighted by molar-refractivity contribution is 7.89. The molecule has 8 nitrogen and oxygen atoms in total. The van der Waals surface area contributed by atoms with Crippen LogP contribution in [0.3, 0.4) is 0 Å². The molecule has 1 aliphatic rings. The number of rotatable bonds is 6. The third-order valence-corrected chi connectivity index (χ3v) is 7.91. The molecule has 190 valence electrons. The second-order valence-corrected chi connectivity index (χ2v) is 11.0. The van der Waals surface area contributed by atoms with Gasteiger partial charge >= 0.3 is 0 Å². The highest BCUT2D eigenvalue weighted by Crippen LogP contribution is 2.33. The lowest BCUT2D eigenvalue weighted by molar-refractivity contribution is -0.0599. The van der Waals surface area contributed by atoms with Gasteiger partial charge in [-0.15, -0.1) is 11.3 Å². The number of ether oxygens (including phenoxy) is 2. The maximum atomic E-state index is 11.6.